The fourth-order valence-electron chi connectivity index (χ4n) is 3.21. The first-order valence-electron chi connectivity index (χ1n) is 9.09. The molecule has 3 rings (SSSR count). The van der Waals surface area contributed by atoms with E-state index in [0.717, 1.165) is 11.0 Å². The minimum absolute atomic E-state index is 0.0373. The monoisotopic (exact) mass is 358 g/mol. The Hall–Kier alpha value is -2.64. The van der Waals surface area contributed by atoms with Crippen molar-refractivity contribution in [2.75, 3.05) is 32.7 Å². The molecule has 26 heavy (non-hydrogen) atoms. The number of carbonyl (C=O) groups excluding carboxylic acids is 2. The molecule has 2 aromatic rings. The van der Waals surface area contributed by atoms with Crippen molar-refractivity contribution < 1.29 is 9.59 Å². The number of hydrogen-bond acceptors (Lipinski definition) is 4. The van der Waals surface area contributed by atoms with E-state index in [4.69, 9.17) is 0 Å². The van der Waals surface area contributed by atoms with Crippen LogP contribution in [-0.4, -0.2) is 69.2 Å². The SMILES string of the molecule is CCNC(=O)N1CCN(C(=O)c2cc3cnn(C(C)C)c3nc2C)CC1. The summed E-state index contributed by atoms with van der Waals surface area (Å²) in [6, 6.07) is 2.02. The molecule has 3 heterocycles. The number of hydrogen-bond donors (Lipinski definition) is 1. The quantitative estimate of drug-likeness (QED) is 0.907. The minimum atomic E-state index is -0.0695. The molecule has 0 radical (unpaired) electrons. The highest BCUT2D eigenvalue weighted by atomic mass is 16.2. The largest absolute Gasteiger partial charge is 0.338 e. The van der Waals surface area contributed by atoms with Crippen molar-refractivity contribution >= 4 is 23.0 Å². The molecule has 0 aromatic carbocycles. The number of aryl methyl sites for hydroxylation is 1. The van der Waals surface area contributed by atoms with Crippen LogP contribution in [0, 0.1) is 6.92 Å². The van der Waals surface area contributed by atoms with E-state index < -0.39 is 0 Å². The second-order valence-electron chi connectivity index (χ2n) is 6.83. The summed E-state index contributed by atoms with van der Waals surface area (Å²) in [6.45, 7) is 10.6. The zero-order chi connectivity index (χ0) is 18.8. The van der Waals surface area contributed by atoms with Gasteiger partial charge in [0.25, 0.3) is 5.91 Å². The Morgan fingerprint density at radius 3 is 2.46 bits per heavy atom. The fourth-order valence-corrected chi connectivity index (χ4v) is 3.21. The number of rotatable bonds is 3. The highest BCUT2D eigenvalue weighted by molar-refractivity contribution is 5.98. The molecule has 1 N–H and O–H groups in total. The molecule has 0 bridgehead atoms. The van der Waals surface area contributed by atoms with Crippen LogP contribution in [0.5, 0.6) is 0 Å². The van der Waals surface area contributed by atoms with Gasteiger partial charge in [0.15, 0.2) is 5.65 Å². The number of pyridine rings is 1. The molecular weight excluding hydrogens is 332 g/mol. The summed E-state index contributed by atoms with van der Waals surface area (Å²) >= 11 is 0. The predicted molar refractivity (Wildman–Crippen MR) is 99.2 cm³/mol. The van der Waals surface area contributed by atoms with Crippen LogP contribution in [0.2, 0.25) is 0 Å². The standard InChI is InChI=1S/C18H26N6O2/c1-5-19-18(26)23-8-6-22(7-9-23)17(25)15-10-14-11-20-24(12(2)3)16(14)21-13(15)4/h10-12H,5-9H2,1-4H3,(H,19,26). The highest BCUT2D eigenvalue weighted by Crippen LogP contribution is 2.21. The minimum Gasteiger partial charge on any atom is -0.338 e. The molecule has 0 saturated carbocycles. The fraction of sp³-hybridized carbons (Fsp3) is 0.556. The number of fused-ring (bicyclic) bond motifs is 1. The lowest BCUT2D eigenvalue weighted by Crippen LogP contribution is -2.53. The molecular formula is C18H26N6O2. The first kappa shape index (κ1) is 18.2. The Balaban J connectivity index is 1.76. The predicted octanol–water partition coefficient (Wildman–Crippen LogP) is 1.81. The molecule has 8 heteroatoms. The lowest BCUT2D eigenvalue weighted by atomic mass is 10.1. The van der Waals surface area contributed by atoms with E-state index in [-0.39, 0.29) is 18.0 Å². The first-order chi connectivity index (χ1) is 12.4. The smallest absolute Gasteiger partial charge is 0.317 e. The Labute approximate surface area is 153 Å². The molecule has 0 spiro atoms. The van der Waals surface area contributed by atoms with Crippen LogP contribution in [0.3, 0.4) is 0 Å². The maximum Gasteiger partial charge on any atom is 0.317 e. The van der Waals surface area contributed by atoms with E-state index in [1.165, 1.54) is 0 Å². The zero-order valence-corrected chi connectivity index (χ0v) is 15.8. The van der Waals surface area contributed by atoms with Crippen LogP contribution in [0.15, 0.2) is 12.3 Å². The van der Waals surface area contributed by atoms with Gasteiger partial charge in [-0.25, -0.2) is 14.5 Å². The second kappa shape index (κ2) is 7.31. The molecule has 2 aromatic heterocycles. The molecule has 140 valence electrons. The van der Waals surface area contributed by atoms with E-state index in [2.05, 4.69) is 29.2 Å². The number of aromatic nitrogens is 3. The van der Waals surface area contributed by atoms with Gasteiger partial charge in [0, 0.05) is 44.2 Å². The Bertz CT molecular complexity index is 820. The summed E-state index contributed by atoms with van der Waals surface area (Å²) in [7, 11) is 0. The average Bonchev–Trinajstić information content (AvgIpc) is 3.03. The third-order valence-electron chi connectivity index (χ3n) is 4.66. The molecule has 3 amide bonds. The third kappa shape index (κ3) is 3.36. The lowest BCUT2D eigenvalue weighted by molar-refractivity contribution is 0.0664. The van der Waals surface area contributed by atoms with Crippen molar-refractivity contribution in [3.05, 3.63) is 23.5 Å². The van der Waals surface area contributed by atoms with Crippen LogP contribution >= 0.6 is 0 Å². The van der Waals surface area contributed by atoms with Crippen molar-refractivity contribution in [1.82, 2.24) is 29.9 Å². The Morgan fingerprint density at radius 2 is 1.85 bits per heavy atom. The van der Waals surface area contributed by atoms with Gasteiger partial charge in [0.1, 0.15) is 0 Å². The number of piperazine rings is 1. The summed E-state index contributed by atoms with van der Waals surface area (Å²) in [5, 5.41) is 8.04. The number of nitrogens with zero attached hydrogens (tertiary/aromatic N) is 5. The Kier molecular flexibility index (Phi) is 5.11. The lowest BCUT2D eigenvalue weighted by Gasteiger charge is -2.34. The van der Waals surface area contributed by atoms with E-state index in [1.807, 2.05) is 24.6 Å². The van der Waals surface area contributed by atoms with E-state index >= 15 is 0 Å². The molecule has 0 unspecified atom stereocenters. The second-order valence-corrected chi connectivity index (χ2v) is 6.83. The van der Waals surface area contributed by atoms with Crippen molar-refractivity contribution in [3.8, 4) is 0 Å². The van der Waals surface area contributed by atoms with E-state index in [1.54, 1.807) is 16.0 Å². The summed E-state index contributed by atoms with van der Waals surface area (Å²) in [5.74, 6) is -0.0373. The number of urea groups is 1. The van der Waals surface area contributed by atoms with Gasteiger partial charge < -0.3 is 15.1 Å². The van der Waals surface area contributed by atoms with Gasteiger partial charge >= 0.3 is 6.03 Å². The maximum atomic E-state index is 12.9. The first-order valence-corrected chi connectivity index (χ1v) is 9.09. The van der Waals surface area contributed by atoms with Crippen molar-refractivity contribution in [1.29, 1.82) is 0 Å². The van der Waals surface area contributed by atoms with E-state index in [9.17, 15) is 9.59 Å². The summed E-state index contributed by atoms with van der Waals surface area (Å²) < 4.78 is 1.86. The molecule has 1 aliphatic rings. The number of amides is 3. The van der Waals surface area contributed by atoms with E-state index in [0.29, 0.717) is 44.0 Å². The van der Waals surface area contributed by atoms with Crippen molar-refractivity contribution in [3.63, 3.8) is 0 Å². The van der Waals surface area contributed by atoms with Crippen LogP contribution in [0.1, 0.15) is 42.9 Å². The van der Waals surface area contributed by atoms with Crippen LogP contribution in [0.4, 0.5) is 4.79 Å². The molecule has 1 saturated heterocycles. The van der Waals surface area contributed by atoms with Gasteiger partial charge in [0.2, 0.25) is 0 Å². The average molecular weight is 358 g/mol. The molecule has 8 nitrogen and oxygen atoms in total. The zero-order valence-electron chi connectivity index (χ0n) is 15.8. The topological polar surface area (TPSA) is 83.4 Å². The van der Waals surface area contributed by atoms with Gasteiger partial charge in [-0.1, -0.05) is 0 Å². The summed E-state index contributed by atoms with van der Waals surface area (Å²) in [5.41, 5.74) is 2.11. The van der Waals surface area contributed by atoms with Crippen molar-refractivity contribution in [2.45, 2.75) is 33.7 Å². The van der Waals surface area contributed by atoms with Gasteiger partial charge in [-0.05, 0) is 33.8 Å². The van der Waals surface area contributed by atoms with Gasteiger partial charge in [-0.15, -0.1) is 0 Å². The summed E-state index contributed by atoms with van der Waals surface area (Å²) in [6.07, 6.45) is 1.76. The molecule has 0 aliphatic carbocycles. The van der Waals surface area contributed by atoms with Gasteiger partial charge in [0.05, 0.1) is 17.5 Å². The van der Waals surface area contributed by atoms with Crippen molar-refractivity contribution in [2.24, 2.45) is 0 Å². The molecule has 0 atom stereocenters. The van der Waals surface area contributed by atoms with Crippen LogP contribution in [-0.2, 0) is 0 Å². The maximum absolute atomic E-state index is 12.9. The highest BCUT2D eigenvalue weighted by Gasteiger charge is 2.26. The van der Waals surface area contributed by atoms with Gasteiger partial charge in [-0.3, -0.25) is 4.79 Å². The molecule has 1 aliphatic heterocycles. The number of nitrogens with one attached hydrogen (secondary N) is 1. The molecule has 1 fully saturated rings. The normalized spacial score (nSPS) is 15.0. The summed E-state index contributed by atoms with van der Waals surface area (Å²) in [4.78, 5) is 33.0. The third-order valence-corrected chi connectivity index (χ3v) is 4.66. The van der Waals surface area contributed by atoms with Gasteiger partial charge in [-0.2, -0.15) is 5.10 Å². The van der Waals surface area contributed by atoms with Crippen LogP contribution < -0.4 is 5.32 Å². The number of carbonyl (C=O) groups is 2. The Morgan fingerprint density at radius 1 is 1.19 bits per heavy atom. The van der Waals surface area contributed by atoms with Crippen LogP contribution in [0.25, 0.3) is 11.0 Å².